The molecule has 14 heavy (non-hydrogen) atoms. The van der Waals surface area contributed by atoms with E-state index in [2.05, 4.69) is 45.9 Å². The van der Waals surface area contributed by atoms with Crippen LogP contribution < -0.4 is 4.90 Å². The lowest BCUT2D eigenvalue weighted by Gasteiger charge is -2.19. The maximum atomic E-state index is 4.44. The summed E-state index contributed by atoms with van der Waals surface area (Å²) in [6.45, 7) is 3.26. The maximum absolute atomic E-state index is 4.44. The number of hydrogen-bond acceptors (Lipinski definition) is 2. The third kappa shape index (κ3) is 2.27. The molecule has 1 fully saturated rings. The van der Waals surface area contributed by atoms with E-state index in [0.717, 1.165) is 22.8 Å². The Bertz CT molecular complexity index is 334. The molecular weight excluding hydrogens is 240 g/mol. The maximum Gasteiger partial charge on any atom is 0.131 e. The molecule has 1 aliphatic rings. The topological polar surface area (TPSA) is 16.1 Å². The molecule has 0 amide bonds. The highest BCUT2D eigenvalue weighted by molar-refractivity contribution is 9.10. The summed E-state index contributed by atoms with van der Waals surface area (Å²) in [6, 6.07) is 2.12. The van der Waals surface area contributed by atoms with Crippen LogP contribution in [0, 0.1) is 12.8 Å². The molecule has 1 aromatic rings. The summed E-state index contributed by atoms with van der Waals surface area (Å²) in [5, 5.41) is 0. The molecule has 1 saturated carbocycles. The predicted octanol–water partition coefficient (Wildman–Crippen LogP) is 3.00. The molecule has 0 aliphatic heterocycles. The number of aromatic nitrogens is 1. The molecule has 1 aliphatic carbocycles. The van der Waals surface area contributed by atoms with Gasteiger partial charge in [-0.05, 0) is 53.2 Å². The number of aryl methyl sites for hydroxylation is 1. The second-order valence-electron chi connectivity index (χ2n) is 4.12. The van der Waals surface area contributed by atoms with E-state index in [0.29, 0.717) is 0 Å². The van der Waals surface area contributed by atoms with Crippen molar-refractivity contribution in [2.75, 3.05) is 18.5 Å². The van der Waals surface area contributed by atoms with Gasteiger partial charge in [0.05, 0.1) is 0 Å². The smallest absolute Gasteiger partial charge is 0.131 e. The molecule has 0 bridgehead atoms. The van der Waals surface area contributed by atoms with Gasteiger partial charge in [0.2, 0.25) is 0 Å². The van der Waals surface area contributed by atoms with Crippen molar-refractivity contribution in [3.63, 3.8) is 0 Å². The number of rotatable bonds is 3. The van der Waals surface area contributed by atoms with Crippen molar-refractivity contribution in [2.45, 2.75) is 19.8 Å². The van der Waals surface area contributed by atoms with Crippen molar-refractivity contribution in [2.24, 2.45) is 5.92 Å². The number of halogens is 1. The van der Waals surface area contributed by atoms with Gasteiger partial charge in [0.15, 0.2) is 0 Å². The zero-order valence-electron chi connectivity index (χ0n) is 8.63. The Hall–Kier alpha value is -0.570. The fourth-order valence-electron chi connectivity index (χ4n) is 1.71. The van der Waals surface area contributed by atoms with Gasteiger partial charge in [0.1, 0.15) is 5.82 Å². The Morgan fingerprint density at radius 3 is 2.86 bits per heavy atom. The fourth-order valence-corrected chi connectivity index (χ4v) is 2.15. The van der Waals surface area contributed by atoms with Crippen LogP contribution in [-0.2, 0) is 0 Å². The summed E-state index contributed by atoms with van der Waals surface area (Å²) in [7, 11) is 2.13. The summed E-state index contributed by atoms with van der Waals surface area (Å²) >= 11 is 3.43. The van der Waals surface area contributed by atoms with Gasteiger partial charge in [-0.1, -0.05) is 0 Å². The molecule has 0 spiro atoms. The molecule has 0 radical (unpaired) electrons. The lowest BCUT2D eigenvalue weighted by molar-refractivity contribution is 0.774. The first-order valence-electron chi connectivity index (χ1n) is 5.00. The van der Waals surface area contributed by atoms with Crippen molar-refractivity contribution in [1.82, 2.24) is 4.98 Å². The van der Waals surface area contributed by atoms with Gasteiger partial charge >= 0.3 is 0 Å². The van der Waals surface area contributed by atoms with Crippen LogP contribution in [0.15, 0.2) is 16.7 Å². The van der Waals surface area contributed by atoms with E-state index in [9.17, 15) is 0 Å². The van der Waals surface area contributed by atoms with Crippen molar-refractivity contribution >= 4 is 21.7 Å². The van der Waals surface area contributed by atoms with Crippen LogP contribution in [0.2, 0.25) is 0 Å². The molecule has 2 nitrogen and oxygen atoms in total. The quantitative estimate of drug-likeness (QED) is 0.825. The minimum atomic E-state index is 0.907. The third-order valence-corrected chi connectivity index (χ3v) is 3.04. The van der Waals surface area contributed by atoms with Gasteiger partial charge in [-0.3, -0.25) is 0 Å². The fraction of sp³-hybridized carbons (Fsp3) is 0.545. The number of hydrogen-bond donors (Lipinski definition) is 0. The molecule has 76 valence electrons. The van der Waals surface area contributed by atoms with Crippen LogP contribution in [-0.4, -0.2) is 18.6 Å². The summed E-state index contributed by atoms with van der Waals surface area (Å²) < 4.78 is 1.05. The van der Waals surface area contributed by atoms with Crippen molar-refractivity contribution in [3.05, 3.63) is 22.3 Å². The molecule has 0 saturated heterocycles. The van der Waals surface area contributed by atoms with Crippen LogP contribution >= 0.6 is 15.9 Å². The first kappa shape index (κ1) is 9.97. The molecule has 2 rings (SSSR count). The zero-order chi connectivity index (χ0) is 10.1. The van der Waals surface area contributed by atoms with Gasteiger partial charge in [-0.25, -0.2) is 4.98 Å². The lowest BCUT2D eigenvalue weighted by Crippen LogP contribution is -2.21. The van der Waals surface area contributed by atoms with Gasteiger partial charge in [-0.2, -0.15) is 0 Å². The Kier molecular flexibility index (Phi) is 2.77. The van der Waals surface area contributed by atoms with Crippen LogP contribution in [0.1, 0.15) is 18.4 Å². The van der Waals surface area contributed by atoms with E-state index in [-0.39, 0.29) is 0 Å². The van der Waals surface area contributed by atoms with Gasteiger partial charge < -0.3 is 4.90 Å². The summed E-state index contributed by atoms with van der Waals surface area (Å²) in [5.41, 5.74) is 1.24. The van der Waals surface area contributed by atoms with E-state index in [4.69, 9.17) is 0 Å². The SMILES string of the molecule is Cc1cc(Br)cnc1N(C)CC1CC1. The Labute approximate surface area is 93.5 Å². The second kappa shape index (κ2) is 3.89. The molecule has 0 aromatic carbocycles. The number of nitrogens with zero attached hydrogens (tertiary/aromatic N) is 2. The molecular formula is C11H15BrN2. The summed E-state index contributed by atoms with van der Waals surface area (Å²) in [6.07, 6.45) is 4.64. The standard InChI is InChI=1S/C11H15BrN2/c1-8-5-10(12)6-13-11(8)14(2)7-9-3-4-9/h5-6,9H,3-4,7H2,1-2H3. The van der Waals surface area contributed by atoms with E-state index in [1.807, 2.05) is 6.20 Å². The Morgan fingerprint density at radius 1 is 1.57 bits per heavy atom. The minimum Gasteiger partial charge on any atom is -0.359 e. The normalized spacial score (nSPS) is 15.6. The van der Waals surface area contributed by atoms with Crippen molar-refractivity contribution in [1.29, 1.82) is 0 Å². The molecule has 0 N–H and O–H groups in total. The van der Waals surface area contributed by atoms with Crippen LogP contribution in [0.25, 0.3) is 0 Å². The van der Waals surface area contributed by atoms with Gasteiger partial charge in [0.25, 0.3) is 0 Å². The first-order chi connectivity index (χ1) is 6.66. The van der Waals surface area contributed by atoms with Gasteiger partial charge in [0, 0.05) is 24.3 Å². The largest absolute Gasteiger partial charge is 0.359 e. The zero-order valence-corrected chi connectivity index (χ0v) is 10.2. The van der Waals surface area contributed by atoms with Crippen LogP contribution in [0.5, 0.6) is 0 Å². The van der Waals surface area contributed by atoms with E-state index < -0.39 is 0 Å². The highest BCUT2D eigenvalue weighted by Crippen LogP contribution is 2.31. The monoisotopic (exact) mass is 254 g/mol. The third-order valence-electron chi connectivity index (χ3n) is 2.61. The summed E-state index contributed by atoms with van der Waals surface area (Å²) in [4.78, 5) is 6.70. The Balaban J connectivity index is 2.13. The average molecular weight is 255 g/mol. The summed E-state index contributed by atoms with van der Waals surface area (Å²) in [5.74, 6) is 2.02. The lowest BCUT2D eigenvalue weighted by atomic mass is 10.2. The van der Waals surface area contributed by atoms with Crippen molar-refractivity contribution < 1.29 is 0 Å². The minimum absolute atomic E-state index is 0.907. The van der Waals surface area contributed by atoms with Crippen LogP contribution in [0.3, 0.4) is 0 Å². The highest BCUT2D eigenvalue weighted by atomic mass is 79.9. The van der Waals surface area contributed by atoms with E-state index >= 15 is 0 Å². The molecule has 0 unspecified atom stereocenters. The van der Waals surface area contributed by atoms with E-state index in [1.165, 1.54) is 18.4 Å². The Morgan fingerprint density at radius 2 is 2.29 bits per heavy atom. The first-order valence-corrected chi connectivity index (χ1v) is 5.79. The highest BCUT2D eigenvalue weighted by Gasteiger charge is 2.23. The van der Waals surface area contributed by atoms with E-state index in [1.54, 1.807) is 0 Å². The molecule has 0 atom stereocenters. The number of pyridine rings is 1. The predicted molar refractivity (Wildman–Crippen MR) is 62.7 cm³/mol. The van der Waals surface area contributed by atoms with Gasteiger partial charge in [-0.15, -0.1) is 0 Å². The average Bonchev–Trinajstić information content (AvgIpc) is 2.87. The van der Waals surface area contributed by atoms with Crippen molar-refractivity contribution in [3.8, 4) is 0 Å². The van der Waals surface area contributed by atoms with Crippen LogP contribution in [0.4, 0.5) is 5.82 Å². The second-order valence-corrected chi connectivity index (χ2v) is 5.03. The molecule has 3 heteroatoms. The molecule has 1 heterocycles. The molecule has 1 aromatic heterocycles. The number of anilines is 1.